The molecular formula is C13H16N2. The molecule has 2 heteroatoms. The molecule has 1 heterocycles. The molecule has 2 nitrogen and oxygen atoms in total. The van der Waals surface area contributed by atoms with Crippen LogP contribution in [0, 0.1) is 0 Å². The molecule has 0 radical (unpaired) electrons. The minimum absolute atomic E-state index is 0.535. The zero-order valence-corrected chi connectivity index (χ0v) is 8.98. The summed E-state index contributed by atoms with van der Waals surface area (Å²) >= 11 is 0. The number of pyridine rings is 1. The van der Waals surface area contributed by atoms with Crippen molar-refractivity contribution >= 4 is 10.8 Å². The molecule has 2 aromatic rings. The van der Waals surface area contributed by atoms with Crippen LogP contribution in [0.1, 0.15) is 24.8 Å². The van der Waals surface area contributed by atoms with Crippen LogP contribution in [0.15, 0.2) is 36.7 Å². The predicted octanol–water partition coefficient (Wildman–Crippen LogP) is 2.69. The molecule has 0 spiro atoms. The van der Waals surface area contributed by atoms with Crippen LogP contribution in [0.5, 0.6) is 0 Å². The normalized spacial score (nSPS) is 12.9. The summed E-state index contributed by atoms with van der Waals surface area (Å²) in [5, 5.41) is 2.45. The molecular weight excluding hydrogens is 184 g/mol. The van der Waals surface area contributed by atoms with Gasteiger partial charge in [0, 0.05) is 17.8 Å². The van der Waals surface area contributed by atoms with E-state index in [9.17, 15) is 0 Å². The lowest BCUT2D eigenvalue weighted by atomic mass is 9.96. The zero-order chi connectivity index (χ0) is 10.7. The molecule has 0 aliphatic heterocycles. The van der Waals surface area contributed by atoms with E-state index in [4.69, 9.17) is 5.73 Å². The summed E-state index contributed by atoms with van der Waals surface area (Å²) in [6, 6.07) is 8.58. The molecule has 15 heavy (non-hydrogen) atoms. The highest BCUT2D eigenvalue weighted by Crippen LogP contribution is 2.22. The number of rotatable bonds is 3. The molecule has 0 saturated carbocycles. The van der Waals surface area contributed by atoms with Crippen molar-refractivity contribution in [2.75, 3.05) is 6.54 Å². The number of hydrogen-bond acceptors (Lipinski definition) is 2. The van der Waals surface area contributed by atoms with E-state index in [0.29, 0.717) is 5.92 Å². The van der Waals surface area contributed by atoms with Gasteiger partial charge in [-0.2, -0.15) is 0 Å². The molecule has 1 unspecified atom stereocenters. The molecule has 1 aromatic carbocycles. The fourth-order valence-electron chi connectivity index (χ4n) is 1.83. The van der Waals surface area contributed by atoms with Gasteiger partial charge in [0.25, 0.3) is 0 Å². The first-order valence-electron chi connectivity index (χ1n) is 5.35. The first kappa shape index (κ1) is 10.1. The van der Waals surface area contributed by atoms with Crippen LogP contribution < -0.4 is 5.73 Å². The molecule has 78 valence electrons. The van der Waals surface area contributed by atoms with Gasteiger partial charge in [-0.1, -0.05) is 25.1 Å². The third kappa shape index (κ3) is 2.16. The van der Waals surface area contributed by atoms with Crippen molar-refractivity contribution in [3.63, 3.8) is 0 Å². The third-order valence-corrected chi connectivity index (χ3v) is 2.83. The molecule has 1 aromatic heterocycles. The van der Waals surface area contributed by atoms with Gasteiger partial charge in [-0.15, -0.1) is 0 Å². The molecule has 0 saturated heterocycles. The van der Waals surface area contributed by atoms with Crippen molar-refractivity contribution in [2.24, 2.45) is 5.73 Å². The van der Waals surface area contributed by atoms with E-state index in [1.165, 1.54) is 16.3 Å². The smallest absolute Gasteiger partial charge is 0.0346 e. The van der Waals surface area contributed by atoms with E-state index in [1.54, 1.807) is 0 Å². The highest BCUT2D eigenvalue weighted by atomic mass is 14.6. The van der Waals surface area contributed by atoms with Gasteiger partial charge in [-0.05, 0) is 35.9 Å². The highest BCUT2D eigenvalue weighted by Gasteiger charge is 2.04. The largest absolute Gasteiger partial charge is 0.330 e. The Morgan fingerprint density at radius 1 is 1.27 bits per heavy atom. The Kier molecular flexibility index (Phi) is 2.97. The number of fused-ring (bicyclic) bond motifs is 1. The molecule has 1 atom stereocenters. The SMILES string of the molecule is CC(CCN)c1ccc2cnccc2c1. The van der Waals surface area contributed by atoms with Crippen molar-refractivity contribution < 1.29 is 0 Å². The number of benzene rings is 1. The van der Waals surface area contributed by atoms with Gasteiger partial charge in [-0.3, -0.25) is 4.98 Å². The highest BCUT2D eigenvalue weighted by molar-refractivity contribution is 5.82. The van der Waals surface area contributed by atoms with Crippen molar-refractivity contribution in [1.82, 2.24) is 4.98 Å². The maximum Gasteiger partial charge on any atom is 0.0346 e. The fraction of sp³-hybridized carbons (Fsp3) is 0.308. The Hall–Kier alpha value is -1.41. The first-order chi connectivity index (χ1) is 7.31. The Morgan fingerprint density at radius 2 is 2.13 bits per heavy atom. The summed E-state index contributed by atoms with van der Waals surface area (Å²) in [5.74, 6) is 0.535. The Balaban J connectivity index is 2.38. The van der Waals surface area contributed by atoms with Crippen LogP contribution in [0.2, 0.25) is 0 Å². The maximum atomic E-state index is 5.57. The third-order valence-electron chi connectivity index (χ3n) is 2.83. The van der Waals surface area contributed by atoms with Gasteiger partial charge in [0.2, 0.25) is 0 Å². The number of aromatic nitrogens is 1. The second kappa shape index (κ2) is 4.41. The quantitative estimate of drug-likeness (QED) is 0.827. The Bertz CT molecular complexity index is 451. The minimum Gasteiger partial charge on any atom is -0.330 e. The summed E-state index contributed by atoms with van der Waals surface area (Å²) in [7, 11) is 0. The van der Waals surface area contributed by atoms with Gasteiger partial charge in [0.15, 0.2) is 0 Å². The molecule has 0 aliphatic carbocycles. The maximum absolute atomic E-state index is 5.57. The molecule has 0 aliphatic rings. The molecule has 2 N–H and O–H groups in total. The van der Waals surface area contributed by atoms with E-state index in [2.05, 4.69) is 30.1 Å². The topological polar surface area (TPSA) is 38.9 Å². The van der Waals surface area contributed by atoms with Crippen molar-refractivity contribution in [3.8, 4) is 0 Å². The summed E-state index contributed by atoms with van der Waals surface area (Å²) in [6.07, 6.45) is 4.77. The van der Waals surface area contributed by atoms with Gasteiger partial charge in [0.05, 0.1) is 0 Å². The van der Waals surface area contributed by atoms with Crippen LogP contribution in [0.4, 0.5) is 0 Å². The molecule has 0 bridgehead atoms. The number of hydrogen-bond donors (Lipinski definition) is 1. The van der Waals surface area contributed by atoms with Crippen LogP contribution in [-0.4, -0.2) is 11.5 Å². The molecule has 2 rings (SSSR count). The van der Waals surface area contributed by atoms with E-state index in [-0.39, 0.29) is 0 Å². The van der Waals surface area contributed by atoms with Crippen molar-refractivity contribution in [2.45, 2.75) is 19.3 Å². The first-order valence-corrected chi connectivity index (χ1v) is 5.35. The predicted molar refractivity (Wildman–Crippen MR) is 63.8 cm³/mol. The van der Waals surface area contributed by atoms with E-state index in [1.807, 2.05) is 18.5 Å². The Labute approximate surface area is 90.1 Å². The van der Waals surface area contributed by atoms with Crippen LogP contribution >= 0.6 is 0 Å². The molecule has 0 amide bonds. The lowest BCUT2D eigenvalue weighted by molar-refractivity contribution is 0.691. The standard InChI is InChI=1S/C13H16N2/c1-10(4-6-14)11-2-3-13-9-15-7-5-12(13)8-11/h2-3,5,7-10H,4,6,14H2,1H3. The fourth-order valence-corrected chi connectivity index (χ4v) is 1.83. The van der Waals surface area contributed by atoms with E-state index in [0.717, 1.165) is 13.0 Å². The van der Waals surface area contributed by atoms with E-state index < -0.39 is 0 Å². The average molecular weight is 200 g/mol. The lowest BCUT2D eigenvalue weighted by Gasteiger charge is -2.11. The van der Waals surface area contributed by atoms with Crippen LogP contribution in [-0.2, 0) is 0 Å². The second-order valence-electron chi connectivity index (χ2n) is 3.96. The van der Waals surface area contributed by atoms with Gasteiger partial charge in [0.1, 0.15) is 0 Å². The van der Waals surface area contributed by atoms with Gasteiger partial charge < -0.3 is 5.73 Å². The monoisotopic (exact) mass is 200 g/mol. The van der Waals surface area contributed by atoms with E-state index >= 15 is 0 Å². The molecule has 0 fully saturated rings. The summed E-state index contributed by atoms with van der Waals surface area (Å²) in [6.45, 7) is 2.96. The van der Waals surface area contributed by atoms with Gasteiger partial charge >= 0.3 is 0 Å². The number of nitrogens with zero attached hydrogens (tertiary/aromatic N) is 1. The second-order valence-corrected chi connectivity index (χ2v) is 3.96. The minimum atomic E-state index is 0.535. The average Bonchev–Trinajstić information content (AvgIpc) is 2.29. The summed E-state index contributed by atoms with van der Waals surface area (Å²) in [5.41, 5.74) is 6.93. The van der Waals surface area contributed by atoms with Crippen molar-refractivity contribution in [1.29, 1.82) is 0 Å². The van der Waals surface area contributed by atoms with Gasteiger partial charge in [-0.25, -0.2) is 0 Å². The van der Waals surface area contributed by atoms with Crippen LogP contribution in [0.25, 0.3) is 10.8 Å². The number of nitrogens with two attached hydrogens (primary N) is 1. The van der Waals surface area contributed by atoms with Crippen molar-refractivity contribution in [3.05, 3.63) is 42.2 Å². The summed E-state index contributed by atoms with van der Waals surface area (Å²) < 4.78 is 0. The van der Waals surface area contributed by atoms with Crippen LogP contribution in [0.3, 0.4) is 0 Å². The lowest BCUT2D eigenvalue weighted by Crippen LogP contribution is -2.04. The summed E-state index contributed by atoms with van der Waals surface area (Å²) in [4.78, 5) is 4.10. The zero-order valence-electron chi connectivity index (χ0n) is 8.98. The Morgan fingerprint density at radius 3 is 2.93 bits per heavy atom.